The van der Waals surface area contributed by atoms with Crippen LogP contribution in [-0.2, 0) is 15.9 Å². The van der Waals surface area contributed by atoms with Crippen molar-refractivity contribution in [3.8, 4) is 17.3 Å². The van der Waals surface area contributed by atoms with Crippen LogP contribution >= 0.6 is 11.3 Å². The van der Waals surface area contributed by atoms with Crippen LogP contribution in [0.4, 0.5) is 5.69 Å². The molecule has 1 aromatic heterocycles. The summed E-state index contributed by atoms with van der Waals surface area (Å²) in [6, 6.07) is 14.9. The topological polar surface area (TPSA) is 101 Å². The number of anilines is 1. The standard InChI is InChI=1S/C26H25N3O4S/c1-16(2)9-17-5-7-18(8-6-17)23-15-34-24(29-23)21(13-27)14-28-22-11-19(25(30)32-3)10-20(12-22)26(31)33-4/h5-8,10-12,14-16,28H,9H2,1-4H3/b21-14-. The van der Waals surface area contributed by atoms with Crippen molar-refractivity contribution >= 4 is 34.5 Å². The van der Waals surface area contributed by atoms with Crippen LogP contribution in [0.15, 0.2) is 54.0 Å². The molecular formula is C26H25N3O4S. The fourth-order valence-electron chi connectivity index (χ4n) is 3.29. The Morgan fingerprint density at radius 2 is 1.71 bits per heavy atom. The molecule has 0 saturated heterocycles. The van der Waals surface area contributed by atoms with Crippen molar-refractivity contribution in [3.05, 3.63) is 75.7 Å². The van der Waals surface area contributed by atoms with E-state index in [1.54, 1.807) is 0 Å². The van der Waals surface area contributed by atoms with Crippen LogP contribution in [0.25, 0.3) is 16.8 Å². The van der Waals surface area contributed by atoms with Gasteiger partial charge in [0.25, 0.3) is 0 Å². The molecule has 2 aromatic carbocycles. The molecule has 0 aliphatic heterocycles. The molecule has 0 atom stereocenters. The zero-order valence-electron chi connectivity index (χ0n) is 19.4. The van der Waals surface area contributed by atoms with Crippen LogP contribution in [0, 0.1) is 17.2 Å². The molecule has 0 unspecified atom stereocenters. The van der Waals surface area contributed by atoms with E-state index in [0.717, 1.165) is 17.7 Å². The van der Waals surface area contributed by atoms with E-state index in [0.29, 0.717) is 22.2 Å². The number of esters is 2. The van der Waals surface area contributed by atoms with Gasteiger partial charge in [-0.1, -0.05) is 38.1 Å². The number of hydrogen-bond acceptors (Lipinski definition) is 8. The van der Waals surface area contributed by atoms with Gasteiger partial charge in [0, 0.05) is 22.8 Å². The minimum absolute atomic E-state index is 0.178. The highest BCUT2D eigenvalue weighted by Crippen LogP contribution is 2.27. The molecule has 174 valence electrons. The van der Waals surface area contributed by atoms with Gasteiger partial charge < -0.3 is 14.8 Å². The molecule has 0 amide bonds. The summed E-state index contributed by atoms with van der Waals surface area (Å²) in [6.45, 7) is 4.37. The van der Waals surface area contributed by atoms with E-state index < -0.39 is 11.9 Å². The number of benzene rings is 2. The lowest BCUT2D eigenvalue weighted by Crippen LogP contribution is -2.07. The largest absolute Gasteiger partial charge is 0.465 e. The summed E-state index contributed by atoms with van der Waals surface area (Å²) in [5.41, 5.74) is 4.14. The number of methoxy groups -OCH3 is 2. The molecule has 0 saturated carbocycles. The number of hydrogen-bond donors (Lipinski definition) is 1. The SMILES string of the molecule is COC(=O)c1cc(N/C=C(/C#N)c2nc(-c3ccc(CC(C)C)cc3)cs2)cc(C(=O)OC)c1. The Balaban J connectivity index is 1.84. The second-order valence-corrected chi connectivity index (χ2v) is 8.79. The maximum absolute atomic E-state index is 12.0. The molecule has 34 heavy (non-hydrogen) atoms. The molecule has 1 heterocycles. The Morgan fingerprint density at radius 1 is 1.09 bits per heavy atom. The molecule has 0 fully saturated rings. The van der Waals surface area contributed by atoms with Crippen LogP contribution < -0.4 is 5.32 Å². The fraction of sp³-hybridized carbons (Fsp3) is 0.231. The average Bonchev–Trinajstić information content (AvgIpc) is 3.33. The Kier molecular flexibility index (Phi) is 8.17. The molecule has 1 N–H and O–H groups in total. The van der Waals surface area contributed by atoms with Gasteiger partial charge in [0.05, 0.1) is 31.0 Å². The van der Waals surface area contributed by atoms with Crippen molar-refractivity contribution in [2.24, 2.45) is 5.92 Å². The highest BCUT2D eigenvalue weighted by atomic mass is 32.1. The molecule has 7 nitrogen and oxygen atoms in total. The first kappa shape index (κ1) is 24.7. The molecule has 0 aliphatic carbocycles. The zero-order chi connectivity index (χ0) is 24.7. The number of aromatic nitrogens is 1. The van der Waals surface area contributed by atoms with Crippen LogP contribution in [0.1, 0.15) is 45.1 Å². The highest BCUT2D eigenvalue weighted by Gasteiger charge is 2.14. The molecule has 0 spiro atoms. The molecule has 8 heteroatoms. The maximum atomic E-state index is 12.0. The second kappa shape index (κ2) is 11.3. The predicted octanol–water partition coefficient (Wildman–Crippen LogP) is 5.56. The minimum atomic E-state index is -0.595. The number of carbonyl (C=O) groups excluding carboxylic acids is 2. The van der Waals surface area contributed by atoms with Gasteiger partial charge >= 0.3 is 11.9 Å². The van der Waals surface area contributed by atoms with Crippen molar-refractivity contribution in [2.45, 2.75) is 20.3 Å². The van der Waals surface area contributed by atoms with Crippen molar-refractivity contribution in [1.29, 1.82) is 5.26 Å². The third kappa shape index (κ3) is 6.09. The lowest BCUT2D eigenvalue weighted by atomic mass is 10.0. The summed E-state index contributed by atoms with van der Waals surface area (Å²) in [7, 11) is 2.51. The van der Waals surface area contributed by atoms with Crippen LogP contribution in [0.2, 0.25) is 0 Å². The number of nitriles is 1. The number of nitrogens with one attached hydrogen (secondary N) is 1. The van der Waals surface area contributed by atoms with Gasteiger partial charge in [0.2, 0.25) is 0 Å². The number of allylic oxidation sites excluding steroid dienone is 1. The molecule has 3 aromatic rings. The van der Waals surface area contributed by atoms with Gasteiger partial charge in [0.15, 0.2) is 0 Å². The van der Waals surface area contributed by atoms with E-state index in [9.17, 15) is 14.9 Å². The molecule has 0 radical (unpaired) electrons. The summed E-state index contributed by atoms with van der Waals surface area (Å²) < 4.78 is 9.50. The van der Waals surface area contributed by atoms with Crippen LogP contribution in [-0.4, -0.2) is 31.1 Å². The van der Waals surface area contributed by atoms with Crippen molar-refractivity contribution < 1.29 is 19.1 Å². The first-order valence-electron chi connectivity index (χ1n) is 10.6. The smallest absolute Gasteiger partial charge is 0.337 e. The Bertz CT molecular complexity index is 1220. The Morgan fingerprint density at radius 3 is 2.24 bits per heavy atom. The van der Waals surface area contributed by atoms with E-state index in [-0.39, 0.29) is 11.1 Å². The van der Waals surface area contributed by atoms with Gasteiger partial charge in [-0.3, -0.25) is 0 Å². The van der Waals surface area contributed by atoms with Crippen LogP contribution in [0.3, 0.4) is 0 Å². The quantitative estimate of drug-likeness (QED) is 0.336. The zero-order valence-corrected chi connectivity index (χ0v) is 20.2. The highest BCUT2D eigenvalue weighted by molar-refractivity contribution is 7.11. The fourth-order valence-corrected chi connectivity index (χ4v) is 4.09. The van der Waals surface area contributed by atoms with E-state index in [4.69, 9.17) is 9.47 Å². The summed E-state index contributed by atoms with van der Waals surface area (Å²) in [5.74, 6) is -0.603. The van der Waals surface area contributed by atoms with E-state index in [1.165, 1.54) is 55.5 Å². The third-order valence-electron chi connectivity index (χ3n) is 4.91. The van der Waals surface area contributed by atoms with Crippen LogP contribution in [0.5, 0.6) is 0 Å². The third-order valence-corrected chi connectivity index (χ3v) is 5.78. The van der Waals surface area contributed by atoms with E-state index in [1.807, 2.05) is 17.5 Å². The predicted molar refractivity (Wildman–Crippen MR) is 132 cm³/mol. The monoisotopic (exact) mass is 475 g/mol. The normalized spacial score (nSPS) is 11.1. The van der Waals surface area contributed by atoms with Gasteiger partial charge in [0.1, 0.15) is 16.6 Å². The van der Waals surface area contributed by atoms with Gasteiger partial charge in [-0.05, 0) is 36.1 Å². The molecule has 3 rings (SSSR count). The minimum Gasteiger partial charge on any atom is -0.465 e. The Labute approximate surface area is 202 Å². The van der Waals surface area contributed by atoms with Crippen molar-refractivity contribution in [2.75, 3.05) is 19.5 Å². The van der Waals surface area contributed by atoms with Crippen molar-refractivity contribution in [3.63, 3.8) is 0 Å². The summed E-state index contributed by atoms with van der Waals surface area (Å²) in [6.07, 6.45) is 2.51. The first-order valence-corrected chi connectivity index (χ1v) is 11.5. The number of rotatable bonds is 8. The number of ether oxygens (including phenoxy) is 2. The average molecular weight is 476 g/mol. The van der Waals surface area contributed by atoms with Gasteiger partial charge in [-0.2, -0.15) is 5.26 Å². The van der Waals surface area contributed by atoms with Crippen molar-refractivity contribution in [1.82, 2.24) is 4.98 Å². The van der Waals surface area contributed by atoms with E-state index >= 15 is 0 Å². The maximum Gasteiger partial charge on any atom is 0.337 e. The lowest BCUT2D eigenvalue weighted by Gasteiger charge is -2.08. The van der Waals surface area contributed by atoms with Gasteiger partial charge in [-0.25, -0.2) is 14.6 Å². The van der Waals surface area contributed by atoms with Gasteiger partial charge in [-0.15, -0.1) is 11.3 Å². The molecular weight excluding hydrogens is 450 g/mol. The lowest BCUT2D eigenvalue weighted by molar-refractivity contribution is 0.0599. The number of carbonyl (C=O) groups is 2. The Hall–Kier alpha value is -3.96. The second-order valence-electron chi connectivity index (χ2n) is 7.93. The first-order chi connectivity index (χ1) is 16.3. The molecule has 0 bridgehead atoms. The molecule has 0 aliphatic rings. The summed E-state index contributed by atoms with van der Waals surface area (Å²) in [4.78, 5) is 28.6. The summed E-state index contributed by atoms with van der Waals surface area (Å²) >= 11 is 1.36. The number of thiazole rings is 1. The number of nitrogens with zero attached hydrogens (tertiary/aromatic N) is 2. The van der Waals surface area contributed by atoms with E-state index in [2.05, 4.69) is 42.4 Å². The summed E-state index contributed by atoms with van der Waals surface area (Å²) in [5, 5.41) is 15.1.